The highest BCUT2D eigenvalue weighted by Gasteiger charge is 2.03. The Morgan fingerprint density at radius 3 is 1.74 bits per heavy atom. The van der Waals surface area contributed by atoms with Crippen molar-refractivity contribution in [2.45, 2.75) is 27.2 Å². The van der Waals surface area contributed by atoms with Crippen LogP contribution in [0.15, 0.2) is 48.5 Å². The number of thiocarbonyl (C=S) groups is 1. The Balaban J connectivity index is 1.94. The first-order chi connectivity index (χ1) is 11.2. The van der Waals surface area contributed by atoms with Crippen LogP contribution in [0.1, 0.15) is 26.3 Å². The molecule has 2 aromatic carbocycles. The second kappa shape index (κ2) is 8.53. The van der Waals surface area contributed by atoms with Gasteiger partial charge in [-0.1, -0.05) is 19.1 Å². The third kappa shape index (κ3) is 4.96. The van der Waals surface area contributed by atoms with Crippen molar-refractivity contribution in [2.24, 2.45) is 0 Å². The van der Waals surface area contributed by atoms with Crippen LogP contribution in [0, 0.1) is 0 Å². The molecule has 0 aliphatic carbocycles. The maximum atomic E-state index is 5.38. The normalized spacial score (nSPS) is 10.2. The fourth-order valence-electron chi connectivity index (χ4n) is 2.46. The molecule has 0 atom stereocenters. The van der Waals surface area contributed by atoms with Gasteiger partial charge in [-0.3, -0.25) is 0 Å². The number of hydrogen-bond donors (Lipinski definition) is 2. The molecule has 122 valence electrons. The molecule has 0 heterocycles. The van der Waals surface area contributed by atoms with Gasteiger partial charge < -0.3 is 15.5 Å². The second-order valence-electron chi connectivity index (χ2n) is 5.35. The van der Waals surface area contributed by atoms with E-state index < -0.39 is 0 Å². The smallest absolute Gasteiger partial charge is 0.175 e. The molecule has 3 nitrogen and oxygen atoms in total. The van der Waals surface area contributed by atoms with Crippen LogP contribution in [0.4, 0.5) is 17.1 Å². The van der Waals surface area contributed by atoms with Gasteiger partial charge in [0.1, 0.15) is 0 Å². The standard InChI is InChI=1S/C19H25N3S/c1-4-15-7-9-16(10-8-15)20-19(23)21-17-11-13-18(14-12-17)22(5-2)6-3/h7-14H,4-6H2,1-3H3,(H2,20,21,23). The van der Waals surface area contributed by atoms with Crippen molar-refractivity contribution in [3.05, 3.63) is 54.1 Å². The summed E-state index contributed by atoms with van der Waals surface area (Å²) in [5, 5.41) is 7.04. The summed E-state index contributed by atoms with van der Waals surface area (Å²) in [6.07, 6.45) is 1.04. The molecule has 0 spiro atoms. The van der Waals surface area contributed by atoms with Crippen molar-refractivity contribution >= 4 is 34.4 Å². The maximum Gasteiger partial charge on any atom is 0.175 e. The van der Waals surface area contributed by atoms with Crippen LogP contribution < -0.4 is 15.5 Å². The van der Waals surface area contributed by atoms with Crippen molar-refractivity contribution in [2.75, 3.05) is 28.6 Å². The first-order valence-electron chi connectivity index (χ1n) is 8.18. The highest BCUT2D eigenvalue weighted by atomic mass is 32.1. The van der Waals surface area contributed by atoms with Gasteiger partial charge in [0.05, 0.1) is 0 Å². The van der Waals surface area contributed by atoms with Gasteiger partial charge in [-0.15, -0.1) is 0 Å². The lowest BCUT2D eigenvalue weighted by atomic mass is 10.1. The summed E-state index contributed by atoms with van der Waals surface area (Å²) in [6.45, 7) is 8.50. The summed E-state index contributed by atoms with van der Waals surface area (Å²) in [4.78, 5) is 2.32. The molecule has 0 saturated carbocycles. The molecule has 0 aliphatic heterocycles. The summed E-state index contributed by atoms with van der Waals surface area (Å²) in [7, 11) is 0. The van der Waals surface area contributed by atoms with Crippen LogP contribution in [0.25, 0.3) is 0 Å². The van der Waals surface area contributed by atoms with Crippen molar-refractivity contribution in [1.82, 2.24) is 0 Å². The molecule has 0 aliphatic rings. The van der Waals surface area contributed by atoms with Gasteiger partial charge in [-0.2, -0.15) is 0 Å². The molecule has 2 N–H and O–H groups in total. The van der Waals surface area contributed by atoms with Crippen LogP contribution in [0.3, 0.4) is 0 Å². The van der Waals surface area contributed by atoms with E-state index in [0.717, 1.165) is 30.9 Å². The molecule has 0 bridgehead atoms. The van der Waals surface area contributed by atoms with E-state index in [9.17, 15) is 0 Å². The van der Waals surface area contributed by atoms with Crippen LogP contribution in [0.5, 0.6) is 0 Å². The third-order valence-corrected chi connectivity index (χ3v) is 4.08. The average Bonchev–Trinajstić information content (AvgIpc) is 2.58. The van der Waals surface area contributed by atoms with Gasteiger partial charge in [0, 0.05) is 30.2 Å². The predicted octanol–water partition coefficient (Wildman–Crippen LogP) is 4.90. The highest BCUT2D eigenvalue weighted by molar-refractivity contribution is 7.80. The quantitative estimate of drug-likeness (QED) is 0.738. The monoisotopic (exact) mass is 327 g/mol. The first-order valence-corrected chi connectivity index (χ1v) is 8.59. The number of nitrogens with zero attached hydrogens (tertiary/aromatic N) is 1. The van der Waals surface area contributed by atoms with Gasteiger partial charge in [0.25, 0.3) is 0 Å². The Morgan fingerprint density at radius 2 is 1.30 bits per heavy atom. The van der Waals surface area contributed by atoms with Crippen LogP contribution in [-0.4, -0.2) is 18.2 Å². The number of hydrogen-bond acceptors (Lipinski definition) is 2. The molecule has 23 heavy (non-hydrogen) atoms. The molecule has 0 amide bonds. The summed E-state index contributed by atoms with van der Waals surface area (Å²) in [6, 6.07) is 16.7. The zero-order chi connectivity index (χ0) is 16.7. The molecule has 0 unspecified atom stereocenters. The topological polar surface area (TPSA) is 27.3 Å². The molecule has 2 aromatic rings. The van der Waals surface area contributed by atoms with E-state index in [1.165, 1.54) is 11.3 Å². The van der Waals surface area contributed by atoms with Gasteiger partial charge in [-0.25, -0.2) is 0 Å². The Bertz CT molecular complexity index is 616. The fourth-order valence-corrected chi connectivity index (χ4v) is 2.70. The molecule has 0 saturated heterocycles. The number of rotatable bonds is 6. The van der Waals surface area contributed by atoms with E-state index in [1.807, 2.05) is 0 Å². The lowest BCUT2D eigenvalue weighted by Crippen LogP contribution is -2.22. The second-order valence-corrected chi connectivity index (χ2v) is 5.76. The molecular formula is C19H25N3S. The van der Waals surface area contributed by atoms with Crippen molar-refractivity contribution in [3.63, 3.8) is 0 Å². The van der Waals surface area contributed by atoms with E-state index in [-0.39, 0.29) is 0 Å². The number of nitrogens with one attached hydrogen (secondary N) is 2. The Labute approximate surface area is 144 Å². The molecule has 0 radical (unpaired) electrons. The summed E-state index contributed by atoms with van der Waals surface area (Å²) in [5.74, 6) is 0. The number of benzene rings is 2. The summed E-state index contributed by atoms with van der Waals surface area (Å²) < 4.78 is 0. The molecule has 0 fully saturated rings. The lowest BCUT2D eigenvalue weighted by Gasteiger charge is -2.21. The zero-order valence-corrected chi connectivity index (χ0v) is 14.9. The fraction of sp³-hybridized carbons (Fsp3) is 0.316. The van der Waals surface area contributed by atoms with Crippen LogP contribution >= 0.6 is 12.2 Å². The maximum absolute atomic E-state index is 5.38. The minimum atomic E-state index is 0.602. The molecule has 4 heteroatoms. The van der Waals surface area contributed by atoms with Crippen molar-refractivity contribution in [3.8, 4) is 0 Å². The summed E-state index contributed by atoms with van der Waals surface area (Å²) >= 11 is 5.38. The molecular weight excluding hydrogens is 302 g/mol. The van der Waals surface area contributed by atoms with E-state index in [4.69, 9.17) is 12.2 Å². The lowest BCUT2D eigenvalue weighted by molar-refractivity contribution is 0.866. The summed E-state index contributed by atoms with van der Waals surface area (Å²) in [5.41, 5.74) is 4.54. The minimum Gasteiger partial charge on any atom is -0.372 e. The number of anilines is 3. The highest BCUT2D eigenvalue weighted by Crippen LogP contribution is 2.18. The largest absolute Gasteiger partial charge is 0.372 e. The van der Waals surface area contributed by atoms with Crippen molar-refractivity contribution in [1.29, 1.82) is 0 Å². The van der Waals surface area contributed by atoms with Crippen molar-refractivity contribution < 1.29 is 0 Å². The van der Waals surface area contributed by atoms with E-state index in [2.05, 4.69) is 84.8 Å². The van der Waals surface area contributed by atoms with E-state index in [1.54, 1.807) is 0 Å². The van der Waals surface area contributed by atoms with E-state index in [0.29, 0.717) is 5.11 Å². The number of aryl methyl sites for hydroxylation is 1. The average molecular weight is 327 g/mol. The van der Waals surface area contributed by atoms with Gasteiger partial charge in [-0.05, 0) is 74.4 Å². The van der Waals surface area contributed by atoms with Crippen LogP contribution in [0.2, 0.25) is 0 Å². The Kier molecular flexibility index (Phi) is 6.41. The Hall–Kier alpha value is -2.07. The van der Waals surface area contributed by atoms with Gasteiger partial charge in [0.2, 0.25) is 0 Å². The SMILES string of the molecule is CCc1ccc(NC(=S)Nc2ccc(N(CC)CC)cc2)cc1. The first kappa shape index (κ1) is 17.3. The third-order valence-electron chi connectivity index (χ3n) is 3.87. The van der Waals surface area contributed by atoms with E-state index >= 15 is 0 Å². The predicted molar refractivity (Wildman–Crippen MR) is 106 cm³/mol. The molecule has 2 rings (SSSR count). The zero-order valence-electron chi connectivity index (χ0n) is 14.1. The minimum absolute atomic E-state index is 0.602. The molecule has 0 aromatic heterocycles. The van der Waals surface area contributed by atoms with Crippen LogP contribution in [-0.2, 0) is 6.42 Å². The Morgan fingerprint density at radius 1 is 0.826 bits per heavy atom. The van der Waals surface area contributed by atoms with Gasteiger partial charge >= 0.3 is 0 Å². The van der Waals surface area contributed by atoms with Gasteiger partial charge in [0.15, 0.2) is 5.11 Å².